The monoisotopic (exact) mass is 418 g/mol. The molecule has 0 aliphatic carbocycles. The van der Waals surface area contributed by atoms with E-state index in [0.29, 0.717) is 6.54 Å². The number of aliphatic hydroxyl groups excluding tert-OH is 1. The first-order valence-corrected chi connectivity index (χ1v) is 10.9. The van der Waals surface area contributed by atoms with Gasteiger partial charge in [-0.05, 0) is 63.4 Å². The number of nitrogens with one attached hydrogen (secondary N) is 1. The SMILES string of the molecule is Cc1nn(-c2ccccc2)c(C)c1NC(=O)CN1CCC(C(O)c2ccccc2)CC1. The molecule has 1 aliphatic rings. The third-order valence-electron chi connectivity index (χ3n) is 6.14. The summed E-state index contributed by atoms with van der Waals surface area (Å²) in [7, 11) is 0. The lowest BCUT2D eigenvalue weighted by atomic mass is 9.87. The summed E-state index contributed by atoms with van der Waals surface area (Å²) < 4.78 is 1.86. The van der Waals surface area contributed by atoms with Gasteiger partial charge in [0.2, 0.25) is 5.91 Å². The fourth-order valence-corrected chi connectivity index (χ4v) is 4.38. The molecule has 1 amide bonds. The van der Waals surface area contributed by atoms with Crippen molar-refractivity contribution in [1.82, 2.24) is 14.7 Å². The number of hydrogen-bond donors (Lipinski definition) is 2. The molecule has 0 spiro atoms. The zero-order valence-corrected chi connectivity index (χ0v) is 18.2. The van der Waals surface area contributed by atoms with Gasteiger partial charge in [-0.1, -0.05) is 48.5 Å². The summed E-state index contributed by atoms with van der Waals surface area (Å²) in [4.78, 5) is 14.9. The molecule has 1 saturated heterocycles. The average molecular weight is 419 g/mol. The molecule has 2 heterocycles. The normalized spacial score (nSPS) is 16.2. The number of aromatic nitrogens is 2. The summed E-state index contributed by atoms with van der Waals surface area (Å²) in [6.07, 6.45) is 1.33. The molecule has 0 bridgehead atoms. The van der Waals surface area contributed by atoms with Gasteiger partial charge in [0, 0.05) is 0 Å². The number of hydrogen-bond acceptors (Lipinski definition) is 4. The van der Waals surface area contributed by atoms with Gasteiger partial charge in [0.15, 0.2) is 0 Å². The molecule has 162 valence electrons. The molecule has 1 atom stereocenters. The third-order valence-corrected chi connectivity index (χ3v) is 6.14. The Kier molecular flexibility index (Phi) is 6.49. The van der Waals surface area contributed by atoms with Crippen LogP contribution in [0.3, 0.4) is 0 Å². The lowest BCUT2D eigenvalue weighted by Gasteiger charge is -2.34. The number of carbonyl (C=O) groups excluding carboxylic acids is 1. The molecule has 2 aromatic carbocycles. The zero-order valence-electron chi connectivity index (χ0n) is 18.2. The van der Waals surface area contributed by atoms with E-state index in [1.807, 2.05) is 79.2 Å². The fourth-order valence-electron chi connectivity index (χ4n) is 4.38. The van der Waals surface area contributed by atoms with E-state index in [9.17, 15) is 9.90 Å². The minimum Gasteiger partial charge on any atom is -0.388 e. The van der Waals surface area contributed by atoms with E-state index in [1.165, 1.54) is 0 Å². The van der Waals surface area contributed by atoms with E-state index < -0.39 is 6.10 Å². The average Bonchev–Trinajstić information content (AvgIpc) is 3.08. The maximum absolute atomic E-state index is 12.7. The number of aryl methyl sites for hydroxylation is 1. The van der Waals surface area contributed by atoms with Gasteiger partial charge in [-0.3, -0.25) is 9.69 Å². The zero-order chi connectivity index (χ0) is 21.8. The van der Waals surface area contributed by atoms with Gasteiger partial charge in [-0.25, -0.2) is 4.68 Å². The number of anilines is 1. The number of nitrogens with zero attached hydrogens (tertiary/aromatic N) is 3. The Morgan fingerprint density at radius 1 is 1.06 bits per heavy atom. The number of amides is 1. The summed E-state index contributed by atoms with van der Waals surface area (Å²) in [5.41, 5.74) is 4.45. The van der Waals surface area contributed by atoms with E-state index in [-0.39, 0.29) is 11.8 Å². The van der Waals surface area contributed by atoms with Crippen molar-refractivity contribution in [3.05, 3.63) is 77.6 Å². The molecule has 3 aromatic rings. The van der Waals surface area contributed by atoms with Crippen molar-refractivity contribution < 1.29 is 9.90 Å². The second kappa shape index (κ2) is 9.45. The summed E-state index contributed by atoms with van der Waals surface area (Å²) in [6, 6.07) is 19.8. The van der Waals surface area contributed by atoms with Crippen LogP contribution in [0.1, 0.15) is 35.9 Å². The van der Waals surface area contributed by atoms with Crippen LogP contribution in [-0.4, -0.2) is 45.3 Å². The Bertz CT molecular complexity index is 1010. The highest BCUT2D eigenvalue weighted by Gasteiger charge is 2.27. The van der Waals surface area contributed by atoms with Gasteiger partial charge in [0.05, 0.1) is 35.4 Å². The van der Waals surface area contributed by atoms with Crippen LogP contribution in [-0.2, 0) is 4.79 Å². The second-order valence-corrected chi connectivity index (χ2v) is 8.31. The van der Waals surface area contributed by atoms with Crippen molar-refractivity contribution >= 4 is 11.6 Å². The van der Waals surface area contributed by atoms with Crippen molar-refractivity contribution in [3.8, 4) is 5.69 Å². The highest BCUT2D eigenvalue weighted by atomic mass is 16.3. The van der Waals surface area contributed by atoms with Gasteiger partial charge < -0.3 is 10.4 Å². The van der Waals surface area contributed by atoms with Crippen molar-refractivity contribution in [3.63, 3.8) is 0 Å². The standard InChI is InChI=1S/C25H30N4O2/c1-18-24(19(2)29(27-18)22-11-7-4-8-12-22)26-23(30)17-28-15-13-21(14-16-28)25(31)20-9-5-3-6-10-20/h3-12,21,25,31H,13-17H2,1-2H3,(H,26,30). The molecular formula is C25H30N4O2. The van der Waals surface area contributed by atoms with Crippen molar-refractivity contribution in [2.75, 3.05) is 25.0 Å². The predicted molar refractivity (Wildman–Crippen MR) is 122 cm³/mol. The molecule has 6 nitrogen and oxygen atoms in total. The van der Waals surface area contributed by atoms with E-state index in [1.54, 1.807) is 0 Å². The number of aliphatic hydroxyl groups is 1. The molecule has 6 heteroatoms. The highest BCUT2D eigenvalue weighted by Crippen LogP contribution is 2.30. The maximum Gasteiger partial charge on any atom is 0.238 e. The van der Waals surface area contributed by atoms with E-state index in [2.05, 4.69) is 15.3 Å². The predicted octanol–water partition coefficient (Wildman–Crippen LogP) is 3.87. The van der Waals surface area contributed by atoms with Crippen LogP contribution in [0.15, 0.2) is 60.7 Å². The second-order valence-electron chi connectivity index (χ2n) is 8.31. The number of rotatable bonds is 6. The van der Waals surface area contributed by atoms with Gasteiger partial charge in [0.1, 0.15) is 0 Å². The van der Waals surface area contributed by atoms with Crippen molar-refractivity contribution in [2.45, 2.75) is 32.8 Å². The summed E-state index contributed by atoms with van der Waals surface area (Å²) in [5, 5.41) is 18.3. The summed E-state index contributed by atoms with van der Waals surface area (Å²) in [6.45, 7) is 5.85. The maximum atomic E-state index is 12.7. The molecule has 1 fully saturated rings. The molecular weight excluding hydrogens is 388 g/mol. The van der Waals surface area contributed by atoms with Gasteiger partial charge >= 0.3 is 0 Å². The molecule has 0 saturated carbocycles. The van der Waals surface area contributed by atoms with Crippen LogP contribution in [0.2, 0.25) is 0 Å². The topological polar surface area (TPSA) is 70.4 Å². The molecule has 1 unspecified atom stereocenters. The lowest BCUT2D eigenvalue weighted by Crippen LogP contribution is -2.40. The Morgan fingerprint density at radius 3 is 2.32 bits per heavy atom. The van der Waals surface area contributed by atoms with Crippen LogP contribution in [0.5, 0.6) is 0 Å². The van der Waals surface area contributed by atoms with E-state index in [0.717, 1.165) is 54.3 Å². The van der Waals surface area contributed by atoms with E-state index in [4.69, 9.17) is 0 Å². The highest BCUT2D eigenvalue weighted by molar-refractivity contribution is 5.93. The number of piperidine rings is 1. The summed E-state index contributed by atoms with van der Waals surface area (Å²) >= 11 is 0. The number of carbonyl (C=O) groups is 1. The van der Waals surface area contributed by atoms with Gasteiger partial charge in [0.25, 0.3) is 0 Å². The smallest absolute Gasteiger partial charge is 0.238 e. The number of para-hydroxylation sites is 1. The Hall–Kier alpha value is -2.96. The molecule has 0 radical (unpaired) electrons. The Balaban J connectivity index is 1.33. The molecule has 1 aliphatic heterocycles. The summed E-state index contributed by atoms with van der Waals surface area (Å²) in [5.74, 6) is 0.205. The lowest BCUT2D eigenvalue weighted by molar-refractivity contribution is -0.117. The quantitative estimate of drug-likeness (QED) is 0.638. The molecule has 4 rings (SSSR count). The largest absolute Gasteiger partial charge is 0.388 e. The van der Waals surface area contributed by atoms with Crippen molar-refractivity contribution in [2.24, 2.45) is 5.92 Å². The Morgan fingerprint density at radius 2 is 1.68 bits per heavy atom. The first-order chi connectivity index (χ1) is 15.0. The van der Waals surface area contributed by atoms with Crippen LogP contribution >= 0.6 is 0 Å². The first kappa shape index (κ1) is 21.3. The molecule has 1 aromatic heterocycles. The van der Waals surface area contributed by atoms with E-state index >= 15 is 0 Å². The van der Waals surface area contributed by atoms with Crippen LogP contribution < -0.4 is 5.32 Å². The van der Waals surface area contributed by atoms with Crippen LogP contribution in [0.25, 0.3) is 5.69 Å². The molecule has 31 heavy (non-hydrogen) atoms. The van der Waals surface area contributed by atoms with Gasteiger partial charge in [-0.2, -0.15) is 5.10 Å². The van der Waals surface area contributed by atoms with Crippen LogP contribution in [0.4, 0.5) is 5.69 Å². The van der Waals surface area contributed by atoms with Gasteiger partial charge in [-0.15, -0.1) is 0 Å². The first-order valence-electron chi connectivity index (χ1n) is 10.9. The number of likely N-dealkylation sites (tertiary alicyclic amines) is 1. The molecule has 2 N–H and O–H groups in total. The number of benzene rings is 2. The fraction of sp³-hybridized carbons (Fsp3) is 0.360. The van der Waals surface area contributed by atoms with Crippen molar-refractivity contribution in [1.29, 1.82) is 0 Å². The van der Waals surface area contributed by atoms with Crippen LogP contribution in [0, 0.1) is 19.8 Å². The Labute approximate surface area is 183 Å². The minimum absolute atomic E-state index is 0.0270. The minimum atomic E-state index is -0.439. The third kappa shape index (κ3) is 4.86.